The zero-order chi connectivity index (χ0) is 15.2. The van der Waals surface area contributed by atoms with Crippen LogP contribution in [-0.4, -0.2) is 22.3 Å². The molecule has 0 fully saturated rings. The molecule has 5 nitrogen and oxygen atoms in total. The van der Waals surface area contributed by atoms with Gasteiger partial charge in [0.05, 0.1) is 24.1 Å². The summed E-state index contributed by atoms with van der Waals surface area (Å²) in [4.78, 5) is 17.2. The molecule has 21 heavy (non-hydrogen) atoms. The summed E-state index contributed by atoms with van der Waals surface area (Å²) >= 11 is 0. The topological polar surface area (TPSA) is 56.1 Å². The number of carbonyl (C=O) groups is 1. The summed E-state index contributed by atoms with van der Waals surface area (Å²) in [6.07, 6.45) is 3.13. The van der Waals surface area contributed by atoms with Crippen molar-refractivity contribution >= 4 is 5.91 Å². The van der Waals surface area contributed by atoms with E-state index in [1.807, 2.05) is 48.9 Å². The molecule has 2 rings (SSSR count). The second-order valence-electron chi connectivity index (χ2n) is 4.84. The van der Waals surface area contributed by atoms with Crippen LogP contribution in [0.2, 0.25) is 0 Å². The van der Waals surface area contributed by atoms with E-state index in [4.69, 9.17) is 4.84 Å². The van der Waals surface area contributed by atoms with E-state index in [2.05, 4.69) is 17.2 Å². The zero-order valence-corrected chi connectivity index (χ0v) is 12.2. The summed E-state index contributed by atoms with van der Waals surface area (Å²) in [6, 6.07) is 9.86. The molecule has 0 radical (unpaired) electrons. The van der Waals surface area contributed by atoms with Gasteiger partial charge in [0, 0.05) is 11.6 Å². The van der Waals surface area contributed by atoms with E-state index in [1.165, 1.54) is 0 Å². The molecule has 0 saturated heterocycles. The molecule has 1 aromatic carbocycles. The van der Waals surface area contributed by atoms with Crippen LogP contribution in [-0.2, 0) is 4.84 Å². The second kappa shape index (κ2) is 6.85. The standard InChI is InChI=1S/C16H19N3O2/c1-4-10-21-18-16(20)14-11-17-19(12(2)3)15(14)13-8-6-5-7-9-13/h4-9,11-12H,1,10H2,2-3H3,(H,18,20). The molecule has 1 aromatic heterocycles. The number of amides is 1. The highest BCUT2D eigenvalue weighted by atomic mass is 16.6. The van der Waals surface area contributed by atoms with Crippen LogP contribution in [0.1, 0.15) is 30.2 Å². The molecule has 1 amide bonds. The van der Waals surface area contributed by atoms with E-state index in [1.54, 1.807) is 12.3 Å². The molecule has 0 bridgehead atoms. The summed E-state index contributed by atoms with van der Waals surface area (Å²) in [5.74, 6) is -0.317. The van der Waals surface area contributed by atoms with Crippen molar-refractivity contribution in [1.29, 1.82) is 0 Å². The fourth-order valence-corrected chi connectivity index (χ4v) is 2.02. The van der Waals surface area contributed by atoms with Crippen molar-refractivity contribution in [3.63, 3.8) is 0 Å². The van der Waals surface area contributed by atoms with E-state index in [0.29, 0.717) is 5.56 Å². The lowest BCUT2D eigenvalue weighted by Gasteiger charge is -2.13. The SMILES string of the molecule is C=CCONC(=O)c1cnn(C(C)C)c1-c1ccccc1. The number of nitrogens with zero attached hydrogens (tertiary/aromatic N) is 2. The van der Waals surface area contributed by atoms with Crippen molar-refractivity contribution in [2.45, 2.75) is 19.9 Å². The Kier molecular flexibility index (Phi) is 4.90. The van der Waals surface area contributed by atoms with Crippen molar-refractivity contribution in [3.05, 3.63) is 54.7 Å². The van der Waals surface area contributed by atoms with Gasteiger partial charge in [0.2, 0.25) is 0 Å². The Morgan fingerprint density at radius 1 is 1.43 bits per heavy atom. The lowest BCUT2D eigenvalue weighted by molar-refractivity contribution is 0.0422. The van der Waals surface area contributed by atoms with E-state index in [-0.39, 0.29) is 18.6 Å². The Bertz CT molecular complexity index is 618. The largest absolute Gasteiger partial charge is 0.278 e. The fourth-order valence-electron chi connectivity index (χ4n) is 2.02. The van der Waals surface area contributed by atoms with E-state index < -0.39 is 0 Å². The Morgan fingerprint density at radius 2 is 2.14 bits per heavy atom. The predicted molar refractivity (Wildman–Crippen MR) is 81.7 cm³/mol. The minimum Gasteiger partial charge on any atom is -0.269 e. The van der Waals surface area contributed by atoms with Gasteiger partial charge in [-0.2, -0.15) is 5.10 Å². The van der Waals surface area contributed by atoms with Crippen molar-refractivity contribution < 1.29 is 9.63 Å². The molecule has 0 aliphatic heterocycles. The molecule has 1 N–H and O–H groups in total. The number of carbonyl (C=O) groups excluding carboxylic acids is 1. The number of hydrogen-bond donors (Lipinski definition) is 1. The molecule has 0 aliphatic carbocycles. The van der Waals surface area contributed by atoms with Crippen LogP contribution in [0.15, 0.2) is 49.2 Å². The lowest BCUT2D eigenvalue weighted by atomic mass is 10.1. The van der Waals surface area contributed by atoms with Crippen molar-refractivity contribution in [1.82, 2.24) is 15.3 Å². The Morgan fingerprint density at radius 3 is 2.76 bits per heavy atom. The van der Waals surface area contributed by atoms with Gasteiger partial charge < -0.3 is 0 Å². The summed E-state index contributed by atoms with van der Waals surface area (Å²) in [5, 5.41) is 4.32. The zero-order valence-electron chi connectivity index (χ0n) is 12.2. The molecule has 1 heterocycles. The summed E-state index contributed by atoms with van der Waals surface area (Å²) in [5.41, 5.74) is 4.61. The molecule has 2 aromatic rings. The number of rotatable bonds is 6. The van der Waals surface area contributed by atoms with Crippen molar-refractivity contribution in [3.8, 4) is 11.3 Å². The minimum atomic E-state index is -0.317. The van der Waals surface area contributed by atoms with Gasteiger partial charge in [-0.05, 0) is 13.8 Å². The van der Waals surface area contributed by atoms with Crippen LogP contribution < -0.4 is 5.48 Å². The van der Waals surface area contributed by atoms with Crippen LogP contribution in [0.3, 0.4) is 0 Å². The molecule has 0 spiro atoms. The van der Waals surface area contributed by atoms with Crippen LogP contribution in [0.5, 0.6) is 0 Å². The quantitative estimate of drug-likeness (QED) is 0.504. The maximum atomic E-state index is 12.2. The van der Waals surface area contributed by atoms with Gasteiger partial charge >= 0.3 is 0 Å². The Hall–Kier alpha value is -2.40. The first kappa shape index (κ1) is 15.0. The van der Waals surface area contributed by atoms with Gasteiger partial charge in [-0.15, -0.1) is 6.58 Å². The number of aromatic nitrogens is 2. The average Bonchev–Trinajstić information content (AvgIpc) is 2.93. The number of hydrogen-bond acceptors (Lipinski definition) is 3. The first-order valence-corrected chi connectivity index (χ1v) is 6.81. The van der Waals surface area contributed by atoms with Gasteiger partial charge in [-0.3, -0.25) is 14.3 Å². The molecular formula is C16H19N3O2. The average molecular weight is 285 g/mol. The highest BCUT2D eigenvalue weighted by molar-refractivity contribution is 5.99. The van der Waals surface area contributed by atoms with Gasteiger partial charge in [-0.1, -0.05) is 36.4 Å². The lowest BCUT2D eigenvalue weighted by Crippen LogP contribution is -2.24. The van der Waals surface area contributed by atoms with Crippen LogP contribution >= 0.6 is 0 Å². The summed E-state index contributed by atoms with van der Waals surface area (Å²) in [7, 11) is 0. The van der Waals surface area contributed by atoms with E-state index >= 15 is 0 Å². The third kappa shape index (κ3) is 3.38. The monoisotopic (exact) mass is 285 g/mol. The molecular weight excluding hydrogens is 266 g/mol. The fraction of sp³-hybridized carbons (Fsp3) is 0.250. The maximum Gasteiger partial charge on any atom is 0.278 e. The van der Waals surface area contributed by atoms with Gasteiger partial charge in [-0.25, -0.2) is 5.48 Å². The smallest absolute Gasteiger partial charge is 0.269 e. The van der Waals surface area contributed by atoms with Gasteiger partial charge in [0.25, 0.3) is 5.91 Å². The maximum absolute atomic E-state index is 12.2. The third-order valence-corrected chi connectivity index (χ3v) is 2.94. The van der Waals surface area contributed by atoms with Gasteiger partial charge in [0.15, 0.2) is 0 Å². The van der Waals surface area contributed by atoms with E-state index in [9.17, 15) is 4.79 Å². The molecule has 0 atom stereocenters. The summed E-state index contributed by atoms with van der Waals surface area (Å²) in [6.45, 7) is 7.83. The normalized spacial score (nSPS) is 10.6. The number of benzene rings is 1. The minimum absolute atomic E-state index is 0.149. The van der Waals surface area contributed by atoms with Crippen LogP contribution in [0.25, 0.3) is 11.3 Å². The predicted octanol–water partition coefficient (Wildman–Crippen LogP) is 2.98. The second-order valence-corrected chi connectivity index (χ2v) is 4.84. The molecule has 110 valence electrons. The highest BCUT2D eigenvalue weighted by Crippen LogP contribution is 2.26. The number of nitrogens with one attached hydrogen (secondary N) is 1. The van der Waals surface area contributed by atoms with Crippen LogP contribution in [0.4, 0.5) is 0 Å². The molecule has 5 heteroatoms. The Balaban J connectivity index is 2.38. The Labute approximate surface area is 124 Å². The molecule has 0 unspecified atom stereocenters. The molecule has 0 aliphatic rings. The first-order valence-electron chi connectivity index (χ1n) is 6.81. The summed E-state index contributed by atoms with van der Waals surface area (Å²) < 4.78 is 1.83. The van der Waals surface area contributed by atoms with Crippen molar-refractivity contribution in [2.75, 3.05) is 6.61 Å². The van der Waals surface area contributed by atoms with Gasteiger partial charge in [0.1, 0.15) is 0 Å². The first-order chi connectivity index (χ1) is 10.1. The number of hydroxylamine groups is 1. The van der Waals surface area contributed by atoms with E-state index in [0.717, 1.165) is 11.3 Å². The third-order valence-electron chi connectivity index (χ3n) is 2.94. The highest BCUT2D eigenvalue weighted by Gasteiger charge is 2.20. The van der Waals surface area contributed by atoms with Crippen LogP contribution in [0, 0.1) is 0 Å². The van der Waals surface area contributed by atoms with Crippen molar-refractivity contribution in [2.24, 2.45) is 0 Å². The molecule has 0 saturated carbocycles.